The molecule has 0 aromatic rings. The van der Waals surface area contributed by atoms with Crippen molar-refractivity contribution >= 4 is 7.82 Å². The van der Waals surface area contributed by atoms with Crippen molar-refractivity contribution in [2.45, 2.75) is 79.1 Å². The van der Waals surface area contributed by atoms with E-state index < -0.39 is 7.82 Å². The summed E-state index contributed by atoms with van der Waals surface area (Å²) in [6, 6.07) is 0. The van der Waals surface area contributed by atoms with Crippen LogP contribution in [0.3, 0.4) is 0 Å². The molecule has 0 radical (unpaired) electrons. The molecule has 22 heavy (non-hydrogen) atoms. The van der Waals surface area contributed by atoms with Crippen molar-refractivity contribution in [1.82, 2.24) is 0 Å². The van der Waals surface area contributed by atoms with E-state index in [1.807, 2.05) is 0 Å². The van der Waals surface area contributed by atoms with Crippen molar-refractivity contribution in [1.29, 1.82) is 0 Å². The molecule has 0 amide bonds. The summed E-state index contributed by atoms with van der Waals surface area (Å²) in [6.45, 7) is 8.91. The van der Waals surface area contributed by atoms with Crippen molar-refractivity contribution in [3.05, 3.63) is 0 Å². The largest absolute Gasteiger partial charge is 0.756 e. The van der Waals surface area contributed by atoms with Gasteiger partial charge in [0.2, 0.25) is 0 Å². The van der Waals surface area contributed by atoms with Gasteiger partial charge in [-0.3, -0.25) is 4.57 Å². The summed E-state index contributed by atoms with van der Waals surface area (Å²) in [4.78, 5) is 11.8. The Bertz CT molecular complexity index is 265. The molecular formula is C16H34O4PTi-. The molecule has 0 fully saturated rings. The minimum absolute atomic E-state index is 0. The van der Waals surface area contributed by atoms with Crippen LogP contribution in [0.2, 0.25) is 0 Å². The average Bonchev–Trinajstić information content (AvgIpc) is 2.47. The number of hydrogen-bond donors (Lipinski definition) is 0. The van der Waals surface area contributed by atoms with Crippen LogP contribution in [0.4, 0.5) is 0 Å². The van der Waals surface area contributed by atoms with Gasteiger partial charge in [-0.05, 0) is 24.7 Å². The summed E-state index contributed by atoms with van der Waals surface area (Å²) in [5.74, 6) is 0.607. The zero-order chi connectivity index (χ0) is 16.1. The number of unbranched alkanes of at least 4 members (excludes halogenated alkanes) is 2. The van der Waals surface area contributed by atoms with Crippen molar-refractivity contribution in [2.75, 3.05) is 13.2 Å². The third-order valence-electron chi connectivity index (χ3n) is 4.02. The van der Waals surface area contributed by atoms with Crippen LogP contribution in [0.1, 0.15) is 79.1 Å². The fourth-order valence-electron chi connectivity index (χ4n) is 2.23. The molecule has 0 heterocycles. The second-order valence-electron chi connectivity index (χ2n) is 5.87. The quantitative estimate of drug-likeness (QED) is 0.322. The average molecular weight is 369 g/mol. The minimum Gasteiger partial charge on any atom is -0.756 e. The molecule has 0 aliphatic heterocycles. The first-order valence-electron chi connectivity index (χ1n) is 8.59. The van der Waals surface area contributed by atoms with Gasteiger partial charge >= 0.3 is 0 Å². The van der Waals surface area contributed by atoms with E-state index in [0.29, 0.717) is 11.8 Å². The van der Waals surface area contributed by atoms with Gasteiger partial charge < -0.3 is 13.9 Å². The maximum absolute atomic E-state index is 11.8. The van der Waals surface area contributed by atoms with Gasteiger partial charge in [0.15, 0.2) is 0 Å². The van der Waals surface area contributed by atoms with Gasteiger partial charge in [0, 0.05) is 21.7 Å². The molecule has 0 spiro atoms. The van der Waals surface area contributed by atoms with Crippen molar-refractivity contribution in [3.63, 3.8) is 0 Å². The summed E-state index contributed by atoms with van der Waals surface area (Å²) < 4.78 is 21.9. The van der Waals surface area contributed by atoms with E-state index in [1.54, 1.807) is 0 Å². The summed E-state index contributed by atoms with van der Waals surface area (Å²) in [6.07, 6.45) is 8.38. The Balaban J connectivity index is 0. The van der Waals surface area contributed by atoms with Crippen LogP contribution in [-0.4, -0.2) is 13.2 Å². The van der Waals surface area contributed by atoms with Crippen molar-refractivity contribution in [2.24, 2.45) is 11.8 Å². The van der Waals surface area contributed by atoms with Crippen LogP contribution in [0, 0.1) is 11.8 Å². The number of phosphoric ester groups is 1. The van der Waals surface area contributed by atoms with Gasteiger partial charge in [-0.25, -0.2) is 0 Å². The van der Waals surface area contributed by atoms with Gasteiger partial charge in [-0.15, -0.1) is 0 Å². The molecule has 0 saturated heterocycles. The van der Waals surface area contributed by atoms with Gasteiger partial charge in [0.1, 0.15) is 0 Å². The molecule has 0 N–H and O–H groups in total. The molecule has 2 unspecified atom stereocenters. The topological polar surface area (TPSA) is 58.6 Å². The Hall–Kier alpha value is 0.824. The summed E-state index contributed by atoms with van der Waals surface area (Å²) >= 11 is 0. The summed E-state index contributed by atoms with van der Waals surface area (Å²) in [7, 11) is -4.14. The molecule has 0 aromatic carbocycles. The predicted molar refractivity (Wildman–Crippen MR) is 86.1 cm³/mol. The fraction of sp³-hybridized carbons (Fsp3) is 1.00. The van der Waals surface area contributed by atoms with Crippen molar-refractivity contribution < 1.29 is 40.2 Å². The summed E-state index contributed by atoms with van der Waals surface area (Å²) in [5, 5.41) is 0. The maximum Gasteiger partial charge on any atom is 0.267 e. The smallest absolute Gasteiger partial charge is 0.267 e. The SMILES string of the molecule is CCCCC(CC)COP(=O)([O-])OCC(CC)CCCC.[Ti]. The van der Waals surface area contributed by atoms with E-state index in [4.69, 9.17) is 9.05 Å². The van der Waals surface area contributed by atoms with E-state index in [2.05, 4.69) is 27.7 Å². The van der Waals surface area contributed by atoms with E-state index in [0.717, 1.165) is 51.4 Å². The minimum atomic E-state index is -4.14. The van der Waals surface area contributed by atoms with Gasteiger partial charge in [0.05, 0.1) is 13.2 Å². The third-order valence-corrected chi connectivity index (χ3v) is 4.95. The Morgan fingerprint density at radius 1 is 0.864 bits per heavy atom. The maximum atomic E-state index is 11.8. The number of hydrogen-bond acceptors (Lipinski definition) is 4. The second kappa shape index (κ2) is 15.4. The molecule has 0 aliphatic carbocycles. The third kappa shape index (κ3) is 13.3. The van der Waals surface area contributed by atoms with Crippen LogP contribution in [0.25, 0.3) is 0 Å². The first-order valence-corrected chi connectivity index (χ1v) is 10.0. The standard InChI is InChI=1S/C16H35O4P.Ti/c1-5-9-11-15(7-3)13-19-21(17,18)20-14-16(8-4)12-10-6-2;/h15-16H,5-14H2,1-4H3,(H,17,18);/p-1. The molecule has 6 heteroatoms. The van der Waals surface area contributed by atoms with Gasteiger partial charge in [-0.2, -0.15) is 0 Å². The van der Waals surface area contributed by atoms with E-state index >= 15 is 0 Å². The first-order chi connectivity index (χ1) is 9.99. The zero-order valence-corrected chi connectivity index (χ0v) is 17.3. The molecule has 132 valence electrons. The van der Waals surface area contributed by atoms with Gasteiger partial charge in [0.25, 0.3) is 7.82 Å². The van der Waals surface area contributed by atoms with Crippen LogP contribution >= 0.6 is 7.82 Å². The van der Waals surface area contributed by atoms with Crippen LogP contribution in [0.15, 0.2) is 0 Å². The molecule has 4 nitrogen and oxygen atoms in total. The Labute approximate surface area is 152 Å². The zero-order valence-electron chi connectivity index (χ0n) is 14.8. The molecule has 2 atom stereocenters. The Morgan fingerprint density at radius 2 is 1.23 bits per heavy atom. The molecule has 0 aliphatic rings. The monoisotopic (exact) mass is 369 g/mol. The van der Waals surface area contributed by atoms with Crippen LogP contribution in [0.5, 0.6) is 0 Å². The fourth-order valence-corrected chi connectivity index (χ4v) is 3.09. The first kappa shape index (κ1) is 25.1. The van der Waals surface area contributed by atoms with Crippen LogP contribution in [-0.2, 0) is 35.3 Å². The molecule has 0 bridgehead atoms. The van der Waals surface area contributed by atoms with Gasteiger partial charge in [-0.1, -0.05) is 66.2 Å². The van der Waals surface area contributed by atoms with Crippen molar-refractivity contribution in [3.8, 4) is 0 Å². The molecule has 0 aromatic heterocycles. The molecule has 0 rings (SSSR count). The number of rotatable bonds is 14. The van der Waals surface area contributed by atoms with E-state index in [-0.39, 0.29) is 34.9 Å². The Kier molecular flexibility index (Phi) is 17.5. The van der Waals surface area contributed by atoms with E-state index in [1.165, 1.54) is 0 Å². The predicted octanol–water partition coefficient (Wildman–Crippen LogP) is 4.92. The van der Waals surface area contributed by atoms with Crippen LogP contribution < -0.4 is 4.89 Å². The second-order valence-corrected chi connectivity index (χ2v) is 7.28. The molecule has 0 saturated carbocycles. The van der Waals surface area contributed by atoms with E-state index in [9.17, 15) is 9.46 Å². The normalized spacial score (nSPS) is 16.6. The summed E-state index contributed by atoms with van der Waals surface area (Å²) in [5.41, 5.74) is 0. The number of phosphoric acid groups is 1. The Morgan fingerprint density at radius 3 is 1.50 bits per heavy atom. The molecular weight excluding hydrogens is 335 g/mol.